The monoisotopic (exact) mass is 516 g/mol. The molecule has 150 valence electrons. The van der Waals surface area contributed by atoms with Gasteiger partial charge in [-0.2, -0.15) is 0 Å². The molecule has 0 amide bonds. The summed E-state index contributed by atoms with van der Waals surface area (Å²) in [6.45, 7) is 0. The van der Waals surface area contributed by atoms with Gasteiger partial charge < -0.3 is 0 Å². The predicted molar refractivity (Wildman–Crippen MR) is 127 cm³/mol. The van der Waals surface area contributed by atoms with Gasteiger partial charge in [-0.1, -0.05) is 96.0 Å². The molecule has 0 saturated heterocycles. The van der Waals surface area contributed by atoms with Gasteiger partial charge in [0, 0.05) is 49.1 Å². The van der Waals surface area contributed by atoms with E-state index in [9.17, 15) is 0 Å². The van der Waals surface area contributed by atoms with E-state index < -0.39 is 0 Å². The van der Waals surface area contributed by atoms with Crippen LogP contribution in [0.15, 0.2) is 72.8 Å². The van der Waals surface area contributed by atoms with E-state index in [0.717, 1.165) is 35.7 Å². The van der Waals surface area contributed by atoms with E-state index in [4.69, 9.17) is 23.2 Å². The number of benzene rings is 4. The van der Waals surface area contributed by atoms with Crippen LogP contribution < -0.4 is 0 Å². The van der Waals surface area contributed by atoms with E-state index in [1.165, 1.54) is 55.6 Å². The zero-order valence-corrected chi connectivity index (χ0v) is 21.0. The largest absolute Gasteiger partial charge is 0.0837 e. The Morgan fingerprint density at radius 1 is 0.516 bits per heavy atom. The summed E-state index contributed by atoms with van der Waals surface area (Å²) in [5.74, 6) is 0. The van der Waals surface area contributed by atoms with E-state index in [1.54, 1.807) is 0 Å². The molecule has 0 spiro atoms. The molecule has 0 radical (unpaired) electrons. The zero-order chi connectivity index (χ0) is 20.2. The molecule has 0 aliphatic heterocycles. The van der Waals surface area contributed by atoms with Crippen LogP contribution in [0.2, 0.25) is 10.0 Å². The van der Waals surface area contributed by atoms with Gasteiger partial charge in [0.15, 0.2) is 0 Å². The van der Waals surface area contributed by atoms with Crippen molar-refractivity contribution >= 4 is 23.2 Å². The van der Waals surface area contributed by atoms with E-state index in [0.29, 0.717) is 0 Å². The summed E-state index contributed by atoms with van der Waals surface area (Å²) in [5.41, 5.74) is 12.9. The van der Waals surface area contributed by atoms with Crippen molar-refractivity contribution in [2.75, 3.05) is 0 Å². The normalized spacial score (nSPS) is 12.6. The van der Waals surface area contributed by atoms with Gasteiger partial charge in [0.25, 0.3) is 0 Å². The minimum atomic E-state index is 0. The molecule has 3 heteroatoms. The number of aryl methyl sites for hydroxylation is 2. The molecule has 0 bridgehead atoms. The smallest absolute Gasteiger partial charge is 0.0479 e. The topological polar surface area (TPSA) is 0 Å². The molecule has 0 atom stereocenters. The van der Waals surface area contributed by atoms with Crippen molar-refractivity contribution in [1.29, 1.82) is 0 Å². The standard InChI is InChI=1S/C28H20Cl2.Zr/c29-27-17(11-13-23-21-7-3-1-5-19(21)15-25(23)27)9-10-18-12-14-24-22-8-4-2-6-20(22)16-26(24)28(18)30;/h1-8,11-14H,9-10,15-16H2;. The van der Waals surface area contributed by atoms with Gasteiger partial charge in [0.05, 0.1) is 0 Å². The van der Waals surface area contributed by atoms with Gasteiger partial charge in [-0.15, -0.1) is 0 Å². The fourth-order valence-corrected chi connectivity index (χ4v) is 5.75. The maximum Gasteiger partial charge on any atom is 0.0479 e. The molecule has 4 aromatic rings. The van der Waals surface area contributed by atoms with Gasteiger partial charge in [0.1, 0.15) is 0 Å². The third-order valence-corrected chi connectivity index (χ3v) is 7.60. The first-order chi connectivity index (χ1) is 14.7. The quantitative estimate of drug-likeness (QED) is 0.223. The van der Waals surface area contributed by atoms with Gasteiger partial charge in [-0.3, -0.25) is 0 Å². The van der Waals surface area contributed by atoms with Crippen molar-refractivity contribution in [2.24, 2.45) is 0 Å². The summed E-state index contributed by atoms with van der Waals surface area (Å²) in [6, 6.07) is 26.1. The van der Waals surface area contributed by atoms with E-state index in [-0.39, 0.29) is 26.2 Å². The second-order valence-electron chi connectivity index (χ2n) is 8.30. The van der Waals surface area contributed by atoms with Crippen LogP contribution in [0.1, 0.15) is 33.4 Å². The second kappa shape index (κ2) is 8.36. The summed E-state index contributed by atoms with van der Waals surface area (Å²) >= 11 is 13.7. The van der Waals surface area contributed by atoms with Crippen molar-refractivity contribution in [3.63, 3.8) is 0 Å². The first-order valence-electron chi connectivity index (χ1n) is 10.5. The van der Waals surface area contributed by atoms with Crippen LogP contribution in [0.25, 0.3) is 22.3 Å². The summed E-state index contributed by atoms with van der Waals surface area (Å²) in [6.07, 6.45) is 3.65. The first kappa shape index (κ1) is 21.2. The number of fused-ring (bicyclic) bond motifs is 6. The Bertz CT molecular complexity index is 1220. The Morgan fingerprint density at radius 2 is 0.935 bits per heavy atom. The second-order valence-corrected chi connectivity index (χ2v) is 9.05. The summed E-state index contributed by atoms with van der Waals surface area (Å²) in [4.78, 5) is 0. The minimum Gasteiger partial charge on any atom is -0.0837 e. The maximum absolute atomic E-state index is 6.87. The van der Waals surface area contributed by atoms with Crippen molar-refractivity contribution in [3.8, 4) is 22.3 Å². The molecule has 0 saturated carbocycles. The molecule has 2 aliphatic rings. The Kier molecular flexibility index (Phi) is 5.72. The van der Waals surface area contributed by atoms with Gasteiger partial charge >= 0.3 is 0 Å². The molecule has 31 heavy (non-hydrogen) atoms. The average molecular weight is 519 g/mol. The predicted octanol–water partition coefficient (Wildman–Crippen LogP) is 7.92. The van der Waals surface area contributed by atoms with Crippen LogP contribution in [-0.4, -0.2) is 0 Å². The molecular weight excluding hydrogens is 498 g/mol. The van der Waals surface area contributed by atoms with Crippen LogP contribution in [-0.2, 0) is 51.9 Å². The van der Waals surface area contributed by atoms with Crippen molar-refractivity contribution < 1.29 is 26.2 Å². The molecule has 0 N–H and O–H groups in total. The van der Waals surface area contributed by atoms with Crippen molar-refractivity contribution in [3.05, 3.63) is 116 Å². The maximum atomic E-state index is 6.87. The van der Waals surface area contributed by atoms with Crippen LogP contribution in [0.3, 0.4) is 0 Å². The SMILES string of the molecule is Clc1c(CCc2ccc3c(c2Cl)Cc2ccccc2-3)ccc2c1Cc1ccccc1-2.[Zr]. The van der Waals surface area contributed by atoms with E-state index in [2.05, 4.69) is 72.8 Å². The van der Waals surface area contributed by atoms with Crippen molar-refractivity contribution in [1.82, 2.24) is 0 Å². The van der Waals surface area contributed by atoms with Crippen LogP contribution in [0, 0.1) is 0 Å². The fourth-order valence-electron chi connectivity index (χ4n) is 5.10. The molecule has 0 fully saturated rings. The van der Waals surface area contributed by atoms with Crippen LogP contribution in [0.4, 0.5) is 0 Å². The minimum absolute atomic E-state index is 0. The van der Waals surface area contributed by atoms with Gasteiger partial charge in [0.2, 0.25) is 0 Å². The Labute approximate surface area is 212 Å². The van der Waals surface area contributed by atoms with Crippen molar-refractivity contribution in [2.45, 2.75) is 25.7 Å². The van der Waals surface area contributed by atoms with E-state index in [1.807, 2.05) is 0 Å². The molecule has 0 aromatic heterocycles. The summed E-state index contributed by atoms with van der Waals surface area (Å²) in [7, 11) is 0. The third-order valence-electron chi connectivity index (χ3n) is 6.66. The molecule has 0 heterocycles. The number of halogens is 2. The van der Waals surface area contributed by atoms with Gasteiger partial charge in [-0.25, -0.2) is 0 Å². The third kappa shape index (κ3) is 3.46. The molecule has 4 aromatic carbocycles. The molecule has 2 aliphatic carbocycles. The first-order valence-corrected chi connectivity index (χ1v) is 11.2. The van der Waals surface area contributed by atoms with Crippen LogP contribution in [0.5, 0.6) is 0 Å². The number of rotatable bonds is 3. The Hall–Kier alpha value is -1.66. The summed E-state index contributed by atoms with van der Waals surface area (Å²) < 4.78 is 0. The molecule has 6 rings (SSSR count). The Balaban J connectivity index is 0.00000204. The summed E-state index contributed by atoms with van der Waals surface area (Å²) in [5, 5.41) is 1.85. The Morgan fingerprint density at radius 3 is 1.39 bits per heavy atom. The molecular formula is C28H20Cl2Zr. The van der Waals surface area contributed by atoms with Crippen LogP contribution >= 0.6 is 23.2 Å². The zero-order valence-electron chi connectivity index (χ0n) is 17.0. The average Bonchev–Trinajstić information content (AvgIpc) is 3.34. The van der Waals surface area contributed by atoms with E-state index >= 15 is 0 Å². The molecule has 0 nitrogen and oxygen atoms in total. The molecule has 0 unspecified atom stereocenters. The number of hydrogen-bond acceptors (Lipinski definition) is 0. The number of hydrogen-bond donors (Lipinski definition) is 0. The fraction of sp³-hybridized carbons (Fsp3) is 0.143. The van der Waals surface area contributed by atoms with Gasteiger partial charge in [-0.05, 0) is 68.5 Å².